The van der Waals surface area contributed by atoms with Crippen LogP contribution in [0.2, 0.25) is 0 Å². The second-order valence-corrected chi connectivity index (χ2v) is 7.77. The van der Waals surface area contributed by atoms with Crippen molar-refractivity contribution in [2.45, 2.75) is 12.3 Å². The van der Waals surface area contributed by atoms with Crippen molar-refractivity contribution >= 4 is 40.6 Å². The summed E-state index contributed by atoms with van der Waals surface area (Å²) >= 11 is 2.57. The average molecular weight is 417 g/mol. The van der Waals surface area contributed by atoms with E-state index in [0.717, 1.165) is 0 Å². The first-order valence-corrected chi connectivity index (χ1v) is 10.3. The van der Waals surface area contributed by atoms with E-state index in [1.54, 1.807) is 24.3 Å². The molecule has 2 N–H and O–H groups in total. The molecule has 0 saturated carbocycles. The molecule has 0 radical (unpaired) electrons. The zero-order chi connectivity index (χ0) is 19.8. The summed E-state index contributed by atoms with van der Waals surface area (Å²) in [4.78, 5) is 24.0. The van der Waals surface area contributed by atoms with Crippen molar-refractivity contribution in [1.29, 1.82) is 0 Å². The third-order valence-corrected chi connectivity index (χ3v) is 5.58. The summed E-state index contributed by atoms with van der Waals surface area (Å²) in [6.07, 6.45) is 0. The molecule has 3 rings (SSSR count). The second kappa shape index (κ2) is 9.95. The Kier molecular flexibility index (Phi) is 7.10. The first-order valence-electron chi connectivity index (χ1n) is 8.38. The number of aromatic nitrogens is 2. The van der Waals surface area contributed by atoms with Crippen molar-refractivity contribution in [3.63, 3.8) is 0 Å². The molecule has 9 heteroatoms. The number of halogens is 1. The number of rotatable bonds is 8. The van der Waals surface area contributed by atoms with Gasteiger partial charge in [0, 0.05) is 18.0 Å². The molecule has 0 aliphatic heterocycles. The van der Waals surface area contributed by atoms with Crippen LogP contribution in [0.15, 0.2) is 54.6 Å². The molecular weight excluding hydrogens is 399 g/mol. The molecule has 0 unspecified atom stereocenters. The Morgan fingerprint density at radius 1 is 1.07 bits per heavy atom. The standard InChI is InChI=1S/C19H17FN4O2S2/c20-14-6-4-5-13(9-14)10-21-16(25)11-27-12-17-23-24-19(28-17)18(26)22-15-7-2-1-3-8-15/h1-9H,10-12H2,(H,21,25)(H,22,26). The monoisotopic (exact) mass is 416 g/mol. The fraction of sp³-hybridized carbons (Fsp3) is 0.158. The third kappa shape index (κ3) is 6.14. The van der Waals surface area contributed by atoms with Crippen LogP contribution in [0.1, 0.15) is 20.4 Å². The van der Waals surface area contributed by atoms with Gasteiger partial charge in [-0.2, -0.15) is 0 Å². The van der Waals surface area contributed by atoms with Gasteiger partial charge in [-0.05, 0) is 29.8 Å². The van der Waals surface area contributed by atoms with Crippen LogP contribution in [0.25, 0.3) is 0 Å². The minimum atomic E-state index is -0.329. The molecule has 6 nitrogen and oxygen atoms in total. The number of thioether (sulfide) groups is 1. The number of anilines is 1. The summed E-state index contributed by atoms with van der Waals surface area (Å²) in [7, 11) is 0. The van der Waals surface area contributed by atoms with Crippen molar-refractivity contribution < 1.29 is 14.0 Å². The molecule has 2 amide bonds. The predicted octanol–water partition coefficient (Wildman–Crippen LogP) is 3.48. The fourth-order valence-corrected chi connectivity index (χ4v) is 3.88. The maximum absolute atomic E-state index is 13.1. The van der Waals surface area contributed by atoms with Gasteiger partial charge in [-0.25, -0.2) is 4.39 Å². The average Bonchev–Trinajstić information content (AvgIpc) is 3.16. The smallest absolute Gasteiger partial charge is 0.286 e. The first-order chi connectivity index (χ1) is 13.6. The van der Waals surface area contributed by atoms with Crippen LogP contribution < -0.4 is 10.6 Å². The van der Waals surface area contributed by atoms with Gasteiger partial charge in [0.2, 0.25) is 10.9 Å². The van der Waals surface area contributed by atoms with Crippen LogP contribution >= 0.6 is 23.1 Å². The van der Waals surface area contributed by atoms with Crippen molar-refractivity contribution in [2.24, 2.45) is 0 Å². The lowest BCUT2D eigenvalue weighted by Crippen LogP contribution is -2.24. The summed E-state index contributed by atoms with van der Waals surface area (Å²) in [5.74, 6) is -0.0810. The Bertz CT molecular complexity index is 950. The minimum absolute atomic E-state index is 0.152. The van der Waals surface area contributed by atoms with Crippen LogP contribution in [-0.2, 0) is 17.1 Å². The number of para-hydroxylation sites is 1. The molecule has 0 atom stereocenters. The van der Waals surface area contributed by atoms with E-state index in [2.05, 4.69) is 20.8 Å². The number of benzene rings is 2. The molecule has 144 valence electrons. The van der Waals surface area contributed by atoms with Crippen molar-refractivity contribution in [1.82, 2.24) is 15.5 Å². The summed E-state index contributed by atoms with van der Waals surface area (Å²) in [6.45, 7) is 0.278. The SMILES string of the molecule is O=C(CSCc1nnc(C(=O)Nc2ccccc2)s1)NCc1cccc(F)c1. The van der Waals surface area contributed by atoms with Gasteiger partial charge in [0.15, 0.2) is 0 Å². The molecule has 0 aliphatic carbocycles. The van der Waals surface area contributed by atoms with E-state index < -0.39 is 0 Å². The highest BCUT2D eigenvalue weighted by molar-refractivity contribution is 7.99. The lowest BCUT2D eigenvalue weighted by Gasteiger charge is -2.05. The van der Waals surface area contributed by atoms with Gasteiger partial charge in [-0.1, -0.05) is 41.7 Å². The zero-order valence-electron chi connectivity index (χ0n) is 14.7. The highest BCUT2D eigenvalue weighted by atomic mass is 32.2. The van der Waals surface area contributed by atoms with E-state index in [1.807, 2.05) is 18.2 Å². The quantitative estimate of drug-likeness (QED) is 0.587. The Balaban J connectivity index is 1.40. The fourth-order valence-electron chi connectivity index (χ4n) is 2.24. The molecular formula is C19H17FN4O2S2. The van der Waals surface area contributed by atoms with E-state index in [4.69, 9.17) is 0 Å². The van der Waals surface area contributed by atoms with E-state index >= 15 is 0 Å². The number of hydrogen-bond donors (Lipinski definition) is 2. The van der Waals surface area contributed by atoms with Gasteiger partial charge in [-0.3, -0.25) is 9.59 Å². The van der Waals surface area contributed by atoms with Crippen molar-refractivity contribution in [3.05, 3.63) is 76.0 Å². The highest BCUT2D eigenvalue weighted by Gasteiger charge is 2.13. The number of carbonyl (C=O) groups excluding carboxylic acids is 2. The van der Waals surface area contributed by atoms with Gasteiger partial charge in [0.05, 0.1) is 5.75 Å². The van der Waals surface area contributed by atoms with Crippen molar-refractivity contribution in [3.8, 4) is 0 Å². The number of amides is 2. The first kappa shape index (κ1) is 20.0. The van der Waals surface area contributed by atoms with Gasteiger partial charge in [0.1, 0.15) is 10.8 Å². The minimum Gasteiger partial charge on any atom is -0.351 e. The van der Waals surface area contributed by atoms with Crippen LogP contribution in [0.5, 0.6) is 0 Å². The summed E-state index contributed by atoms with van der Waals surface area (Å²) < 4.78 is 13.1. The van der Waals surface area contributed by atoms with Gasteiger partial charge in [-0.15, -0.1) is 22.0 Å². The van der Waals surface area contributed by atoms with Crippen LogP contribution in [-0.4, -0.2) is 27.8 Å². The topological polar surface area (TPSA) is 84.0 Å². The molecule has 28 heavy (non-hydrogen) atoms. The largest absolute Gasteiger partial charge is 0.351 e. The van der Waals surface area contributed by atoms with E-state index in [-0.39, 0.29) is 34.9 Å². The summed E-state index contributed by atoms with van der Waals surface area (Å²) in [5.41, 5.74) is 1.39. The number of nitrogens with zero attached hydrogens (tertiary/aromatic N) is 2. The van der Waals surface area contributed by atoms with E-state index in [9.17, 15) is 14.0 Å². The maximum atomic E-state index is 13.1. The Morgan fingerprint density at radius 2 is 1.89 bits per heavy atom. The molecule has 1 aromatic heterocycles. The molecule has 0 spiro atoms. The zero-order valence-corrected chi connectivity index (χ0v) is 16.4. The lowest BCUT2D eigenvalue weighted by atomic mass is 10.2. The molecule has 0 aliphatic rings. The molecule has 0 bridgehead atoms. The normalized spacial score (nSPS) is 10.5. The number of carbonyl (C=O) groups is 2. The van der Waals surface area contributed by atoms with Gasteiger partial charge in [0.25, 0.3) is 5.91 Å². The predicted molar refractivity (Wildman–Crippen MR) is 109 cm³/mol. The molecule has 3 aromatic rings. The number of nitrogens with one attached hydrogen (secondary N) is 2. The van der Waals surface area contributed by atoms with Gasteiger partial charge < -0.3 is 10.6 Å². The maximum Gasteiger partial charge on any atom is 0.286 e. The lowest BCUT2D eigenvalue weighted by molar-refractivity contribution is -0.118. The Hall–Kier alpha value is -2.78. The molecule has 2 aromatic carbocycles. The van der Waals surface area contributed by atoms with Crippen LogP contribution in [0, 0.1) is 5.82 Å². The highest BCUT2D eigenvalue weighted by Crippen LogP contribution is 2.18. The number of hydrogen-bond acceptors (Lipinski definition) is 6. The summed E-state index contributed by atoms with van der Waals surface area (Å²) in [5, 5.41) is 14.3. The van der Waals surface area contributed by atoms with E-state index in [1.165, 1.54) is 35.2 Å². The van der Waals surface area contributed by atoms with Crippen molar-refractivity contribution in [2.75, 3.05) is 11.1 Å². The molecule has 0 saturated heterocycles. The third-order valence-electron chi connectivity index (χ3n) is 3.53. The molecule has 1 heterocycles. The van der Waals surface area contributed by atoms with Crippen LogP contribution in [0.3, 0.4) is 0 Å². The Morgan fingerprint density at radius 3 is 2.68 bits per heavy atom. The summed E-state index contributed by atoms with van der Waals surface area (Å²) in [6, 6.07) is 15.2. The van der Waals surface area contributed by atoms with E-state index in [0.29, 0.717) is 22.0 Å². The van der Waals surface area contributed by atoms with Crippen LogP contribution in [0.4, 0.5) is 10.1 Å². The Labute approximate surface area is 169 Å². The molecule has 0 fully saturated rings. The van der Waals surface area contributed by atoms with Gasteiger partial charge >= 0.3 is 0 Å². The second-order valence-electron chi connectivity index (χ2n) is 5.72.